The average Bonchev–Trinajstić information content (AvgIpc) is 2.43. The zero-order chi connectivity index (χ0) is 15.1. The molecule has 0 amide bonds. The van der Waals surface area contributed by atoms with E-state index < -0.39 is 0 Å². The van der Waals surface area contributed by atoms with E-state index >= 15 is 0 Å². The van der Waals surface area contributed by atoms with Crippen LogP contribution < -0.4 is 0 Å². The van der Waals surface area contributed by atoms with Gasteiger partial charge in [0, 0.05) is 18.6 Å². The summed E-state index contributed by atoms with van der Waals surface area (Å²) in [6.07, 6.45) is 13.6. The second-order valence-corrected chi connectivity index (χ2v) is 7.57. The molecule has 0 aliphatic heterocycles. The minimum absolute atomic E-state index is 0.0135. The average molecular weight is 294 g/mol. The number of ether oxygens (including phenoxy) is 1. The molecule has 0 unspecified atom stereocenters. The van der Waals surface area contributed by atoms with Crippen LogP contribution in [0.1, 0.15) is 84.5 Å². The van der Waals surface area contributed by atoms with Crippen LogP contribution in [0.4, 0.5) is 0 Å². The van der Waals surface area contributed by atoms with E-state index in [1.807, 2.05) is 6.92 Å². The van der Waals surface area contributed by atoms with Crippen LogP contribution in [-0.2, 0) is 9.53 Å². The lowest BCUT2D eigenvalue weighted by Gasteiger charge is -2.38. The van der Waals surface area contributed by atoms with Gasteiger partial charge in [-0.05, 0) is 63.7 Å². The van der Waals surface area contributed by atoms with Crippen molar-refractivity contribution >= 4 is 5.78 Å². The van der Waals surface area contributed by atoms with Gasteiger partial charge in [0.15, 0.2) is 0 Å². The van der Waals surface area contributed by atoms with Gasteiger partial charge in [0.05, 0.1) is 0 Å². The van der Waals surface area contributed by atoms with Crippen LogP contribution in [0.15, 0.2) is 0 Å². The molecular weight excluding hydrogens is 260 g/mol. The van der Waals surface area contributed by atoms with Crippen molar-refractivity contribution in [1.29, 1.82) is 0 Å². The van der Waals surface area contributed by atoms with Gasteiger partial charge in [0.25, 0.3) is 0 Å². The molecule has 0 spiro atoms. The number of carbonyl (C=O) groups is 1. The Morgan fingerprint density at radius 2 is 1.67 bits per heavy atom. The topological polar surface area (TPSA) is 26.3 Å². The summed E-state index contributed by atoms with van der Waals surface area (Å²) in [5.74, 6) is 1.98. The highest BCUT2D eigenvalue weighted by atomic mass is 16.5. The summed E-state index contributed by atoms with van der Waals surface area (Å²) in [5.41, 5.74) is 0.0135. The summed E-state index contributed by atoms with van der Waals surface area (Å²) in [6.45, 7) is 5.96. The summed E-state index contributed by atoms with van der Waals surface area (Å²) >= 11 is 0. The van der Waals surface area contributed by atoms with Gasteiger partial charge in [-0.1, -0.05) is 32.6 Å². The fourth-order valence-electron chi connectivity index (χ4n) is 3.95. The molecule has 21 heavy (non-hydrogen) atoms. The van der Waals surface area contributed by atoms with Crippen molar-refractivity contribution in [3.63, 3.8) is 0 Å². The Hall–Kier alpha value is -0.370. The smallest absolute Gasteiger partial charge is 0.135 e. The van der Waals surface area contributed by atoms with Gasteiger partial charge in [0.2, 0.25) is 0 Å². The largest absolute Gasteiger partial charge is 0.381 e. The van der Waals surface area contributed by atoms with E-state index in [-0.39, 0.29) is 5.41 Å². The molecule has 2 heteroatoms. The Morgan fingerprint density at radius 3 is 2.14 bits per heavy atom. The molecule has 0 bridgehead atoms. The zero-order valence-electron chi connectivity index (χ0n) is 14.2. The maximum absolute atomic E-state index is 12.1. The second kappa shape index (κ2) is 8.31. The lowest BCUT2D eigenvalue weighted by molar-refractivity contribution is -0.130. The van der Waals surface area contributed by atoms with Gasteiger partial charge in [-0.3, -0.25) is 4.79 Å². The van der Waals surface area contributed by atoms with Crippen molar-refractivity contribution in [2.75, 3.05) is 13.2 Å². The normalized spacial score (nSPS) is 30.1. The van der Waals surface area contributed by atoms with Crippen LogP contribution in [0.3, 0.4) is 0 Å². The number of carbonyl (C=O) groups excluding carboxylic acids is 1. The Morgan fingerprint density at radius 1 is 1.05 bits per heavy atom. The Balaban J connectivity index is 1.69. The predicted molar refractivity (Wildman–Crippen MR) is 87.4 cm³/mol. The van der Waals surface area contributed by atoms with Gasteiger partial charge in [-0.15, -0.1) is 0 Å². The molecule has 2 rings (SSSR count). The highest BCUT2D eigenvalue weighted by Gasteiger charge is 2.38. The lowest BCUT2D eigenvalue weighted by atomic mass is 9.66. The minimum Gasteiger partial charge on any atom is -0.381 e. The fourth-order valence-corrected chi connectivity index (χ4v) is 3.95. The van der Waals surface area contributed by atoms with E-state index in [2.05, 4.69) is 6.92 Å². The maximum Gasteiger partial charge on any atom is 0.135 e. The SMILES string of the molecule is CCCCCC1(C(C)=O)CCC(COCC2CCC2)CC1. The van der Waals surface area contributed by atoms with E-state index in [4.69, 9.17) is 4.74 Å². The molecule has 2 aliphatic rings. The number of unbranched alkanes of at least 4 members (excludes halogenated alkanes) is 2. The minimum atomic E-state index is 0.0135. The van der Waals surface area contributed by atoms with Crippen LogP contribution in [0.2, 0.25) is 0 Å². The quantitative estimate of drug-likeness (QED) is 0.550. The van der Waals surface area contributed by atoms with Crippen LogP contribution in [0.5, 0.6) is 0 Å². The van der Waals surface area contributed by atoms with E-state index in [1.54, 1.807) is 0 Å². The monoisotopic (exact) mass is 294 g/mol. The lowest BCUT2D eigenvalue weighted by Crippen LogP contribution is -2.35. The number of hydrogen-bond donors (Lipinski definition) is 0. The van der Waals surface area contributed by atoms with Crippen molar-refractivity contribution in [3.05, 3.63) is 0 Å². The van der Waals surface area contributed by atoms with Crippen molar-refractivity contribution in [2.24, 2.45) is 17.3 Å². The van der Waals surface area contributed by atoms with Gasteiger partial charge >= 0.3 is 0 Å². The Bertz CT molecular complexity index is 312. The number of hydrogen-bond acceptors (Lipinski definition) is 2. The summed E-state index contributed by atoms with van der Waals surface area (Å²) < 4.78 is 5.92. The molecule has 2 saturated carbocycles. The molecule has 0 aromatic rings. The molecule has 0 aromatic carbocycles. The first-order valence-corrected chi connectivity index (χ1v) is 9.25. The third kappa shape index (κ3) is 4.81. The number of ketones is 1. The van der Waals surface area contributed by atoms with Gasteiger partial charge < -0.3 is 4.74 Å². The second-order valence-electron chi connectivity index (χ2n) is 7.57. The van der Waals surface area contributed by atoms with Crippen molar-refractivity contribution in [1.82, 2.24) is 0 Å². The standard InChI is InChI=1S/C19H34O2/c1-3-4-5-11-19(16(2)20)12-9-18(10-13-19)15-21-14-17-7-6-8-17/h17-18H,3-15H2,1-2H3. The van der Waals surface area contributed by atoms with Crippen LogP contribution in [0.25, 0.3) is 0 Å². The maximum atomic E-state index is 12.1. The Kier molecular flexibility index (Phi) is 6.73. The van der Waals surface area contributed by atoms with Gasteiger partial charge in [0.1, 0.15) is 5.78 Å². The third-order valence-electron chi connectivity index (χ3n) is 6.00. The number of Topliss-reactive ketones (excluding diaryl/α,β-unsaturated/α-hetero) is 1. The van der Waals surface area contributed by atoms with Gasteiger partial charge in [-0.25, -0.2) is 0 Å². The summed E-state index contributed by atoms with van der Waals surface area (Å²) in [6, 6.07) is 0. The Labute approximate surface area is 131 Å². The first-order chi connectivity index (χ1) is 10.2. The van der Waals surface area contributed by atoms with E-state index in [1.165, 1.54) is 51.4 Å². The molecular formula is C19H34O2. The van der Waals surface area contributed by atoms with E-state index in [9.17, 15) is 4.79 Å². The van der Waals surface area contributed by atoms with Crippen molar-refractivity contribution in [3.8, 4) is 0 Å². The van der Waals surface area contributed by atoms with Crippen molar-refractivity contribution in [2.45, 2.75) is 84.5 Å². The first-order valence-electron chi connectivity index (χ1n) is 9.25. The molecule has 0 heterocycles. The third-order valence-corrected chi connectivity index (χ3v) is 6.00. The molecule has 0 atom stereocenters. The first kappa shape index (κ1) is 17.0. The van der Waals surface area contributed by atoms with E-state index in [0.29, 0.717) is 11.7 Å². The van der Waals surface area contributed by atoms with Crippen LogP contribution in [-0.4, -0.2) is 19.0 Å². The molecule has 0 N–H and O–H groups in total. The predicted octanol–water partition coefficient (Wildman–Crippen LogP) is 5.15. The highest BCUT2D eigenvalue weighted by Crippen LogP contribution is 2.43. The molecule has 2 nitrogen and oxygen atoms in total. The van der Waals surface area contributed by atoms with Gasteiger partial charge in [-0.2, -0.15) is 0 Å². The fraction of sp³-hybridized carbons (Fsp3) is 0.947. The highest BCUT2D eigenvalue weighted by molar-refractivity contribution is 5.82. The zero-order valence-corrected chi connectivity index (χ0v) is 14.2. The molecule has 122 valence electrons. The summed E-state index contributed by atoms with van der Waals surface area (Å²) in [4.78, 5) is 12.1. The summed E-state index contributed by atoms with van der Waals surface area (Å²) in [7, 11) is 0. The van der Waals surface area contributed by atoms with Crippen LogP contribution in [0, 0.1) is 17.3 Å². The summed E-state index contributed by atoms with van der Waals surface area (Å²) in [5, 5.41) is 0. The number of rotatable bonds is 9. The molecule has 0 radical (unpaired) electrons. The molecule has 2 aliphatic carbocycles. The van der Waals surface area contributed by atoms with Crippen LogP contribution >= 0.6 is 0 Å². The van der Waals surface area contributed by atoms with Crippen molar-refractivity contribution < 1.29 is 9.53 Å². The molecule has 0 saturated heterocycles. The molecule has 0 aromatic heterocycles. The van der Waals surface area contributed by atoms with E-state index in [0.717, 1.165) is 38.4 Å². The molecule has 2 fully saturated rings.